The summed E-state index contributed by atoms with van der Waals surface area (Å²) in [6.07, 6.45) is 1.30. The summed E-state index contributed by atoms with van der Waals surface area (Å²) < 4.78 is 0. The second-order valence-electron chi connectivity index (χ2n) is 6.17. The fourth-order valence-electron chi connectivity index (χ4n) is 2.51. The summed E-state index contributed by atoms with van der Waals surface area (Å²) in [7, 11) is 0. The Morgan fingerprint density at radius 1 is 1.31 bits per heavy atom. The van der Waals surface area contributed by atoms with Crippen LogP contribution < -0.4 is 11.1 Å². The summed E-state index contributed by atoms with van der Waals surface area (Å²) in [6.45, 7) is 11.9. The molecule has 0 radical (unpaired) electrons. The van der Waals surface area contributed by atoms with E-state index >= 15 is 0 Å². The molecule has 16 heavy (non-hydrogen) atoms. The molecule has 1 fully saturated rings. The van der Waals surface area contributed by atoms with E-state index in [2.05, 4.69) is 33.0 Å². The highest BCUT2D eigenvalue weighted by Crippen LogP contribution is 2.67. The van der Waals surface area contributed by atoms with Gasteiger partial charge in [-0.25, -0.2) is 0 Å². The Labute approximate surface area is 99.2 Å². The van der Waals surface area contributed by atoms with Gasteiger partial charge in [0.25, 0.3) is 0 Å². The van der Waals surface area contributed by atoms with Crippen molar-refractivity contribution in [3.63, 3.8) is 0 Å². The van der Waals surface area contributed by atoms with Gasteiger partial charge in [0.1, 0.15) is 0 Å². The number of hydrogen-bond donors (Lipinski definition) is 2. The third kappa shape index (κ3) is 2.40. The lowest BCUT2D eigenvalue weighted by Crippen LogP contribution is -2.33. The van der Waals surface area contributed by atoms with E-state index in [1.165, 1.54) is 0 Å². The molecule has 0 bridgehead atoms. The first kappa shape index (κ1) is 13.5. The fraction of sp³-hybridized carbons (Fsp3) is 0.923. The lowest BCUT2D eigenvalue weighted by molar-refractivity contribution is -0.121. The van der Waals surface area contributed by atoms with Gasteiger partial charge in [0.15, 0.2) is 0 Å². The zero-order chi connectivity index (χ0) is 12.6. The molecule has 1 amide bonds. The largest absolute Gasteiger partial charge is 0.356 e. The molecule has 0 heterocycles. The van der Waals surface area contributed by atoms with Crippen molar-refractivity contribution in [2.45, 2.75) is 53.5 Å². The monoisotopic (exact) mass is 226 g/mol. The Kier molecular flexibility index (Phi) is 3.68. The summed E-state index contributed by atoms with van der Waals surface area (Å²) in [6, 6.07) is 0.000207. The van der Waals surface area contributed by atoms with Crippen molar-refractivity contribution in [2.75, 3.05) is 6.54 Å². The Hall–Kier alpha value is -0.570. The maximum Gasteiger partial charge on any atom is 0.221 e. The van der Waals surface area contributed by atoms with E-state index in [9.17, 15) is 4.79 Å². The number of hydrogen-bond acceptors (Lipinski definition) is 2. The Balaban J connectivity index is 2.30. The molecule has 3 heteroatoms. The summed E-state index contributed by atoms with van der Waals surface area (Å²) in [5.74, 6) is 0.676. The zero-order valence-electron chi connectivity index (χ0n) is 11.3. The lowest BCUT2D eigenvalue weighted by Gasteiger charge is -2.10. The van der Waals surface area contributed by atoms with Crippen molar-refractivity contribution in [1.29, 1.82) is 0 Å². The predicted molar refractivity (Wildman–Crippen MR) is 66.9 cm³/mol. The number of amides is 1. The van der Waals surface area contributed by atoms with Crippen molar-refractivity contribution in [3.05, 3.63) is 0 Å². The van der Waals surface area contributed by atoms with Crippen LogP contribution in [0.5, 0.6) is 0 Å². The van der Waals surface area contributed by atoms with Crippen molar-refractivity contribution in [2.24, 2.45) is 22.5 Å². The predicted octanol–water partition coefficient (Wildman–Crippen LogP) is 1.91. The molecule has 0 aromatic heterocycles. The molecule has 3 N–H and O–H groups in total. The molecule has 1 unspecified atom stereocenters. The van der Waals surface area contributed by atoms with Gasteiger partial charge in [0.2, 0.25) is 5.91 Å². The van der Waals surface area contributed by atoms with Gasteiger partial charge in [-0.05, 0) is 23.2 Å². The van der Waals surface area contributed by atoms with Crippen LogP contribution in [0.1, 0.15) is 47.5 Å². The number of nitrogens with one attached hydrogen (secondary N) is 1. The fourth-order valence-corrected chi connectivity index (χ4v) is 2.51. The molecular formula is C13H26N2O. The Bertz CT molecular complexity index is 257. The number of carbonyl (C=O) groups is 1. The van der Waals surface area contributed by atoms with E-state index in [1.807, 2.05) is 6.92 Å². The van der Waals surface area contributed by atoms with Gasteiger partial charge in [-0.15, -0.1) is 0 Å². The maximum absolute atomic E-state index is 11.6. The minimum Gasteiger partial charge on any atom is -0.356 e. The quantitative estimate of drug-likeness (QED) is 0.752. The Morgan fingerprint density at radius 3 is 2.19 bits per heavy atom. The van der Waals surface area contributed by atoms with Crippen molar-refractivity contribution in [1.82, 2.24) is 5.32 Å². The molecule has 0 aromatic rings. The lowest BCUT2D eigenvalue weighted by atomic mass is 10.0. The Morgan fingerprint density at radius 2 is 1.81 bits per heavy atom. The first-order valence-corrected chi connectivity index (χ1v) is 6.25. The van der Waals surface area contributed by atoms with Gasteiger partial charge in [0, 0.05) is 19.0 Å². The second-order valence-corrected chi connectivity index (χ2v) is 6.17. The van der Waals surface area contributed by atoms with E-state index in [0.29, 0.717) is 23.2 Å². The van der Waals surface area contributed by atoms with Crippen LogP contribution in [0, 0.1) is 16.7 Å². The van der Waals surface area contributed by atoms with E-state index in [4.69, 9.17) is 5.73 Å². The van der Waals surface area contributed by atoms with Crippen LogP contribution in [-0.2, 0) is 4.79 Å². The topological polar surface area (TPSA) is 55.1 Å². The van der Waals surface area contributed by atoms with Crippen LogP contribution in [0.3, 0.4) is 0 Å². The molecule has 3 nitrogen and oxygen atoms in total. The highest BCUT2D eigenvalue weighted by atomic mass is 16.1. The molecule has 94 valence electrons. The summed E-state index contributed by atoms with van der Waals surface area (Å²) >= 11 is 0. The van der Waals surface area contributed by atoms with Crippen LogP contribution in [0.15, 0.2) is 0 Å². The average molecular weight is 226 g/mol. The zero-order valence-corrected chi connectivity index (χ0v) is 11.3. The number of nitrogens with two attached hydrogens (primary N) is 1. The number of rotatable bonds is 5. The SMILES string of the molecule is CCC(N)CC(=O)NCC1C(C)(C)C1(C)C. The molecular weight excluding hydrogens is 200 g/mol. The normalized spacial score (nSPS) is 23.9. The molecule has 0 saturated heterocycles. The average Bonchev–Trinajstić information content (AvgIpc) is 2.54. The van der Waals surface area contributed by atoms with Crippen molar-refractivity contribution >= 4 is 5.91 Å². The van der Waals surface area contributed by atoms with Crippen LogP contribution in [0.2, 0.25) is 0 Å². The van der Waals surface area contributed by atoms with E-state index < -0.39 is 0 Å². The molecule has 1 aliphatic rings. The smallest absolute Gasteiger partial charge is 0.221 e. The molecule has 0 aromatic carbocycles. The minimum atomic E-state index is 0.000207. The molecule has 1 aliphatic carbocycles. The molecule has 1 saturated carbocycles. The van der Waals surface area contributed by atoms with Gasteiger partial charge in [-0.1, -0.05) is 34.6 Å². The maximum atomic E-state index is 11.6. The van der Waals surface area contributed by atoms with Crippen molar-refractivity contribution < 1.29 is 4.79 Å². The van der Waals surface area contributed by atoms with Crippen LogP contribution in [0.25, 0.3) is 0 Å². The van der Waals surface area contributed by atoms with E-state index in [0.717, 1.165) is 13.0 Å². The van der Waals surface area contributed by atoms with Crippen LogP contribution in [0.4, 0.5) is 0 Å². The van der Waals surface area contributed by atoms with Gasteiger partial charge >= 0.3 is 0 Å². The summed E-state index contributed by atoms with van der Waals surface area (Å²) in [5.41, 5.74) is 6.42. The third-order valence-electron chi connectivity index (χ3n) is 4.79. The van der Waals surface area contributed by atoms with E-state index in [-0.39, 0.29) is 11.9 Å². The van der Waals surface area contributed by atoms with Crippen LogP contribution >= 0.6 is 0 Å². The van der Waals surface area contributed by atoms with Crippen LogP contribution in [-0.4, -0.2) is 18.5 Å². The molecule has 0 aliphatic heterocycles. The summed E-state index contributed by atoms with van der Waals surface area (Å²) in [4.78, 5) is 11.6. The third-order valence-corrected chi connectivity index (χ3v) is 4.79. The number of carbonyl (C=O) groups excluding carboxylic acids is 1. The van der Waals surface area contributed by atoms with Gasteiger partial charge in [-0.2, -0.15) is 0 Å². The highest BCUT2D eigenvalue weighted by Gasteiger charge is 2.64. The highest BCUT2D eigenvalue weighted by molar-refractivity contribution is 5.76. The standard InChI is InChI=1S/C13H26N2O/c1-6-9(14)7-11(16)15-8-10-12(2,3)13(10,4)5/h9-10H,6-8,14H2,1-5H3,(H,15,16). The van der Waals surface area contributed by atoms with Gasteiger partial charge < -0.3 is 11.1 Å². The van der Waals surface area contributed by atoms with Gasteiger partial charge in [0.05, 0.1) is 0 Å². The summed E-state index contributed by atoms with van der Waals surface area (Å²) in [5, 5.41) is 3.00. The minimum absolute atomic E-state index is 0.000207. The van der Waals surface area contributed by atoms with Gasteiger partial charge in [-0.3, -0.25) is 4.79 Å². The van der Waals surface area contributed by atoms with Crippen molar-refractivity contribution in [3.8, 4) is 0 Å². The van der Waals surface area contributed by atoms with E-state index in [1.54, 1.807) is 0 Å². The second kappa shape index (κ2) is 4.36. The first-order valence-electron chi connectivity index (χ1n) is 6.25. The first-order chi connectivity index (χ1) is 7.23. The molecule has 1 atom stereocenters. The molecule has 1 rings (SSSR count). The molecule has 0 spiro atoms.